The van der Waals surface area contributed by atoms with Crippen molar-refractivity contribution in [2.45, 2.75) is 32.7 Å². The van der Waals surface area contributed by atoms with E-state index >= 15 is 0 Å². The van der Waals surface area contributed by atoms with Crippen molar-refractivity contribution in [1.29, 1.82) is 0 Å². The molecule has 0 aliphatic rings. The lowest BCUT2D eigenvalue weighted by Gasteiger charge is -2.16. The van der Waals surface area contributed by atoms with Crippen LogP contribution in [0, 0.1) is 0 Å². The van der Waals surface area contributed by atoms with Crippen LogP contribution in [0.2, 0.25) is 0 Å². The largest absolute Gasteiger partial charge is 0.411 e. The average molecular weight is 130 g/mol. The average Bonchev–Trinajstić information content (AvgIpc) is 1.62. The van der Waals surface area contributed by atoms with Crippen LogP contribution in [0.15, 0.2) is 5.16 Å². The molecule has 3 heteroatoms. The molecule has 0 heterocycles. The third kappa shape index (κ3) is 5.30. The Morgan fingerprint density at radius 2 is 2.11 bits per heavy atom. The summed E-state index contributed by atoms with van der Waals surface area (Å²) in [5, 5.41) is 11.2. The van der Waals surface area contributed by atoms with E-state index in [1.807, 2.05) is 13.8 Å². The Hall–Kier alpha value is -0.570. The summed E-state index contributed by atoms with van der Waals surface area (Å²) in [7, 11) is 0. The molecule has 0 aromatic carbocycles. The zero-order valence-corrected chi connectivity index (χ0v) is 6.18. The van der Waals surface area contributed by atoms with Gasteiger partial charge in [-0.3, -0.25) is 0 Å². The molecule has 3 nitrogen and oxygen atoms in total. The maximum atomic E-state index is 8.23. The second kappa shape index (κ2) is 2.82. The fraction of sp³-hybridized carbons (Fsp3) is 0.833. The molecule has 0 aliphatic heterocycles. The van der Waals surface area contributed by atoms with Crippen LogP contribution < -0.4 is 5.73 Å². The molecular formula is C6H14N2O. The van der Waals surface area contributed by atoms with E-state index in [1.54, 1.807) is 6.92 Å². The minimum absolute atomic E-state index is 0.268. The van der Waals surface area contributed by atoms with Crippen LogP contribution in [0.25, 0.3) is 0 Å². The maximum absolute atomic E-state index is 8.23. The summed E-state index contributed by atoms with van der Waals surface area (Å²) in [5.74, 6) is 0. The van der Waals surface area contributed by atoms with Crippen LogP contribution in [0.4, 0.5) is 0 Å². The lowest BCUT2D eigenvalue weighted by Crippen LogP contribution is -2.33. The SMILES string of the molecule is C/C(CC(C)(C)N)=N\O. The quantitative estimate of drug-likeness (QED) is 0.332. The van der Waals surface area contributed by atoms with Gasteiger partial charge >= 0.3 is 0 Å². The molecule has 0 rings (SSSR count). The molecule has 54 valence electrons. The zero-order valence-electron chi connectivity index (χ0n) is 6.18. The van der Waals surface area contributed by atoms with E-state index in [2.05, 4.69) is 5.16 Å². The second-order valence-corrected chi connectivity index (χ2v) is 3.00. The normalized spacial score (nSPS) is 14.0. The lowest BCUT2D eigenvalue weighted by molar-refractivity contribution is 0.315. The highest BCUT2D eigenvalue weighted by molar-refractivity contribution is 5.82. The van der Waals surface area contributed by atoms with Gasteiger partial charge in [0.25, 0.3) is 0 Å². The van der Waals surface area contributed by atoms with Crippen LogP contribution in [0.3, 0.4) is 0 Å². The number of hydrogen-bond donors (Lipinski definition) is 2. The Balaban J connectivity index is 3.75. The monoisotopic (exact) mass is 130 g/mol. The Labute approximate surface area is 55.5 Å². The number of oxime groups is 1. The van der Waals surface area contributed by atoms with Gasteiger partial charge in [-0.2, -0.15) is 0 Å². The van der Waals surface area contributed by atoms with E-state index in [0.29, 0.717) is 12.1 Å². The predicted molar refractivity (Wildman–Crippen MR) is 37.8 cm³/mol. The zero-order chi connectivity index (χ0) is 7.49. The van der Waals surface area contributed by atoms with E-state index in [9.17, 15) is 0 Å². The number of nitrogens with two attached hydrogens (primary N) is 1. The second-order valence-electron chi connectivity index (χ2n) is 3.00. The van der Waals surface area contributed by atoms with Gasteiger partial charge in [0.05, 0.1) is 5.71 Å². The molecule has 0 radical (unpaired) electrons. The summed E-state index contributed by atoms with van der Waals surface area (Å²) in [6, 6.07) is 0. The molecule has 0 amide bonds. The fourth-order valence-electron chi connectivity index (χ4n) is 0.695. The Morgan fingerprint density at radius 1 is 1.67 bits per heavy atom. The van der Waals surface area contributed by atoms with Gasteiger partial charge < -0.3 is 10.9 Å². The maximum Gasteiger partial charge on any atom is 0.0558 e. The first-order valence-electron chi connectivity index (χ1n) is 2.92. The third-order valence-electron chi connectivity index (χ3n) is 0.882. The smallest absolute Gasteiger partial charge is 0.0558 e. The Bertz CT molecular complexity index is 113. The van der Waals surface area contributed by atoms with E-state index in [4.69, 9.17) is 10.9 Å². The van der Waals surface area contributed by atoms with Crippen LogP contribution in [-0.4, -0.2) is 16.5 Å². The first-order valence-corrected chi connectivity index (χ1v) is 2.92. The van der Waals surface area contributed by atoms with Gasteiger partial charge in [-0.1, -0.05) is 5.16 Å². The van der Waals surface area contributed by atoms with Crippen molar-refractivity contribution in [2.24, 2.45) is 10.9 Å². The van der Waals surface area contributed by atoms with Crippen molar-refractivity contribution in [1.82, 2.24) is 0 Å². The molecule has 3 N–H and O–H groups in total. The molecule has 0 fully saturated rings. The van der Waals surface area contributed by atoms with Gasteiger partial charge in [0.2, 0.25) is 0 Å². The standard InChI is InChI=1S/C6H14N2O/c1-5(8-9)4-6(2,3)7/h9H,4,7H2,1-3H3/b8-5+. The third-order valence-corrected chi connectivity index (χ3v) is 0.882. The fourth-order valence-corrected chi connectivity index (χ4v) is 0.695. The van der Waals surface area contributed by atoms with E-state index in [-0.39, 0.29) is 5.54 Å². The van der Waals surface area contributed by atoms with Crippen LogP contribution in [-0.2, 0) is 0 Å². The number of nitrogens with zero attached hydrogens (tertiary/aromatic N) is 1. The van der Waals surface area contributed by atoms with Crippen LogP contribution >= 0.6 is 0 Å². The van der Waals surface area contributed by atoms with Crippen LogP contribution in [0.1, 0.15) is 27.2 Å². The molecule has 0 spiro atoms. The number of rotatable bonds is 2. The summed E-state index contributed by atoms with van der Waals surface area (Å²) < 4.78 is 0. The minimum Gasteiger partial charge on any atom is -0.411 e. The summed E-state index contributed by atoms with van der Waals surface area (Å²) in [6.45, 7) is 5.53. The molecular weight excluding hydrogens is 116 g/mol. The highest BCUT2D eigenvalue weighted by Gasteiger charge is 2.11. The molecule has 0 unspecified atom stereocenters. The molecule has 0 saturated heterocycles. The van der Waals surface area contributed by atoms with Crippen molar-refractivity contribution < 1.29 is 5.21 Å². The molecule has 0 aliphatic carbocycles. The lowest BCUT2D eigenvalue weighted by atomic mass is 10.00. The first kappa shape index (κ1) is 8.43. The van der Waals surface area contributed by atoms with Crippen molar-refractivity contribution in [3.8, 4) is 0 Å². The summed E-state index contributed by atoms with van der Waals surface area (Å²) in [6.07, 6.45) is 0.628. The molecule has 0 atom stereocenters. The van der Waals surface area contributed by atoms with E-state index in [0.717, 1.165) is 0 Å². The number of hydrogen-bond acceptors (Lipinski definition) is 3. The molecule has 0 aromatic rings. The van der Waals surface area contributed by atoms with Gasteiger partial charge in [-0.05, 0) is 20.8 Å². The Kier molecular flexibility index (Phi) is 2.65. The molecule has 0 aromatic heterocycles. The summed E-state index contributed by atoms with van der Waals surface area (Å²) in [4.78, 5) is 0. The molecule has 0 bridgehead atoms. The summed E-state index contributed by atoms with van der Waals surface area (Å²) in [5.41, 5.74) is 6.02. The van der Waals surface area contributed by atoms with Gasteiger partial charge in [-0.25, -0.2) is 0 Å². The van der Waals surface area contributed by atoms with Crippen molar-refractivity contribution >= 4 is 5.71 Å². The molecule has 0 saturated carbocycles. The van der Waals surface area contributed by atoms with Crippen LogP contribution in [0.5, 0.6) is 0 Å². The van der Waals surface area contributed by atoms with Crippen molar-refractivity contribution in [3.63, 3.8) is 0 Å². The Morgan fingerprint density at radius 3 is 2.22 bits per heavy atom. The van der Waals surface area contributed by atoms with Gasteiger partial charge in [-0.15, -0.1) is 0 Å². The summed E-state index contributed by atoms with van der Waals surface area (Å²) >= 11 is 0. The predicted octanol–water partition coefficient (Wildman–Crippen LogP) is 0.964. The van der Waals surface area contributed by atoms with E-state index < -0.39 is 0 Å². The van der Waals surface area contributed by atoms with Gasteiger partial charge in [0, 0.05) is 12.0 Å². The minimum atomic E-state index is -0.268. The highest BCUT2D eigenvalue weighted by atomic mass is 16.4. The molecule has 9 heavy (non-hydrogen) atoms. The van der Waals surface area contributed by atoms with Gasteiger partial charge in [0.1, 0.15) is 0 Å². The topological polar surface area (TPSA) is 58.6 Å². The van der Waals surface area contributed by atoms with Crippen molar-refractivity contribution in [3.05, 3.63) is 0 Å². The van der Waals surface area contributed by atoms with E-state index in [1.165, 1.54) is 0 Å². The highest BCUT2D eigenvalue weighted by Crippen LogP contribution is 2.03. The van der Waals surface area contributed by atoms with Crippen molar-refractivity contribution in [2.75, 3.05) is 0 Å². The first-order chi connectivity index (χ1) is 3.95. The van der Waals surface area contributed by atoms with Gasteiger partial charge in [0.15, 0.2) is 0 Å².